The maximum Gasteiger partial charge on any atom is 0.255 e. The fourth-order valence-corrected chi connectivity index (χ4v) is 2.00. The van der Waals surface area contributed by atoms with Gasteiger partial charge in [0, 0.05) is 17.1 Å². The van der Waals surface area contributed by atoms with Crippen molar-refractivity contribution in [2.75, 3.05) is 25.1 Å². The second kappa shape index (κ2) is 4.99. The van der Waals surface area contributed by atoms with Gasteiger partial charge in [0.15, 0.2) is 11.7 Å². The molecule has 100 valence electrons. The van der Waals surface area contributed by atoms with Crippen LogP contribution in [0.1, 0.15) is 5.69 Å². The number of aromatic nitrogens is 1. The molecule has 19 heavy (non-hydrogen) atoms. The van der Waals surface area contributed by atoms with Crippen LogP contribution in [0.3, 0.4) is 0 Å². The normalized spacial score (nSPS) is 19.5. The third-order valence-corrected chi connectivity index (χ3v) is 3.03. The molecule has 1 N–H and O–H groups in total. The van der Waals surface area contributed by atoms with E-state index in [9.17, 15) is 4.79 Å². The first-order valence-corrected chi connectivity index (χ1v) is 6.10. The molecule has 0 spiro atoms. The van der Waals surface area contributed by atoms with Crippen LogP contribution in [0.25, 0.3) is 11.0 Å². The lowest BCUT2D eigenvalue weighted by Gasteiger charge is -2.21. The Morgan fingerprint density at radius 1 is 1.42 bits per heavy atom. The summed E-state index contributed by atoms with van der Waals surface area (Å²) in [6.07, 6.45) is -0.555. The number of benzene rings is 1. The van der Waals surface area contributed by atoms with Crippen LogP contribution in [0.15, 0.2) is 22.7 Å². The molecular weight excluding hydrogens is 248 g/mol. The first kappa shape index (κ1) is 12.1. The zero-order valence-corrected chi connectivity index (χ0v) is 10.5. The van der Waals surface area contributed by atoms with Crippen molar-refractivity contribution < 1.29 is 18.8 Å². The molecule has 1 atom stereocenters. The smallest absolute Gasteiger partial charge is 0.255 e. The lowest BCUT2D eigenvalue weighted by atomic mass is 10.2. The van der Waals surface area contributed by atoms with E-state index in [1.807, 2.05) is 19.1 Å². The number of carbonyl (C=O) groups is 1. The summed E-state index contributed by atoms with van der Waals surface area (Å²) >= 11 is 0. The van der Waals surface area contributed by atoms with Crippen molar-refractivity contribution in [3.8, 4) is 0 Å². The Morgan fingerprint density at radius 2 is 2.32 bits per heavy atom. The lowest BCUT2D eigenvalue weighted by Crippen LogP contribution is -2.39. The molecule has 1 aromatic carbocycles. The summed E-state index contributed by atoms with van der Waals surface area (Å²) in [7, 11) is 0. The highest BCUT2D eigenvalue weighted by atomic mass is 16.6. The molecule has 6 nitrogen and oxygen atoms in total. The topological polar surface area (TPSA) is 73.6 Å². The van der Waals surface area contributed by atoms with E-state index in [-0.39, 0.29) is 12.5 Å². The van der Waals surface area contributed by atoms with Gasteiger partial charge in [0.2, 0.25) is 0 Å². The molecule has 2 aromatic rings. The molecule has 1 aliphatic rings. The third kappa shape index (κ3) is 2.45. The number of hydrogen-bond donors (Lipinski definition) is 1. The molecule has 1 unspecified atom stereocenters. The molecule has 3 rings (SSSR count). The fourth-order valence-electron chi connectivity index (χ4n) is 2.00. The summed E-state index contributed by atoms with van der Waals surface area (Å²) in [5.41, 5.74) is 2.14. The van der Waals surface area contributed by atoms with Gasteiger partial charge in [0.25, 0.3) is 5.91 Å². The number of fused-ring (bicyclic) bond motifs is 1. The zero-order chi connectivity index (χ0) is 13.2. The van der Waals surface area contributed by atoms with Gasteiger partial charge in [-0.05, 0) is 19.1 Å². The molecule has 0 saturated carbocycles. The number of aryl methyl sites for hydroxylation is 1. The highest BCUT2D eigenvalue weighted by Gasteiger charge is 2.22. The monoisotopic (exact) mass is 262 g/mol. The number of ether oxygens (including phenoxy) is 2. The molecular formula is C13H14N2O4. The Kier molecular flexibility index (Phi) is 3.18. The minimum atomic E-state index is -0.555. The largest absolute Gasteiger partial charge is 0.376 e. The summed E-state index contributed by atoms with van der Waals surface area (Å²) in [5, 5.41) is 7.59. The van der Waals surface area contributed by atoms with E-state index >= 15 is 0 Å². The number of nitrogens with one attached hydrogen (secondary N) is 1. The van der Waals surface area contributed by atoms with Crippen LogP contribution in [-0.4, -0.2) is 37.0 Å². The number of carbonyl (C=O) groups excluding carboxylic acids is 1. The summed E-state index contributed by atoms with van der Waals surface area (Å²) < 4.78 is 15.7. The van der Waals surface area contributed by atoms with E-state index in [0.717, 1.165) is 11.1 Å². The molecule has 1 amide bonds. The quantitative estimate of drug-likeness (QED) is 0.887. The van der Waals surface area contributed by atoms with Gasteiger partial charge in [0.05, 0.1) is 25.5 Å². The summed E-state index contributed by atoms with van der Waals surface area (Å²) in [5.74, 6) is -0.213. The van der Waals surface area contributed by atoms with E-state index in [1.54, 1.807) is 6.07 Å². The Hall–Kier alpha value is -1.92. The van der Waals surface area contributed by atoms with Crippen LogP contribution in [0, 0.1) is 6.92 Å². The van der Waals surface area contributed by atoms with Gasteiger partial charge in [-0.1, -0.05) is 5.16 Å². The van der Waals surface area contributed by atoms with Gasteiger partial charge in [-0.15, -0.1) is 0 Å². The second-order valence-electron chi connectivity index (χ2n) is 4.40. The van der Waals surface area contributed by atoms with Crippen molar-refractivity contribution in [1.29, 1.82) is 0 Å². The number of hydrogen-bond acceptors (Lipinski definition) is 5. The summed E-state index contributed by atoms with van der Waals surface area (Å²) in [6, 6.07) is 5.43. The van der Waals surface area contributed by atoms with Crippen molar-refractivity contribution in [2.24, 2.45) is 0 Å². The van der Waals surface area contributed by atoms with E-state index in [4.69, 9.17) is 14.0 Å². The van der Waals surface area contributed by atoms with Gasteiger partial charge in [-0.3, -0.25) is 4.79 Å². The fraction of sp³-hybridized carbons (Fsp3) is 0.385. The zero-order valence-electron chi connectivity index (χ0n) is 10.5. The number of rotatable bonds is 2. The Morgan fingerprint density at radius 3 is 3.11 bits per heavy atom. The molecule has 2 heterocycles. The van der Waals surface area contributed by atoms with Crippen molar-refractivity contribution in [3.05, 3.63) is 23.9 Å². The average molecular weight is 262 g/mol. The Bertz CT molecular complexity index is 602. The van der Waals surface area contributed by atoms with E-state index in [2.05, 4.69) is 10.5 Å². The van der Waals surface area contributed by atoms with Crippen LogP contribution < -0.4 is 5.32 Å². The van der Waals surface area contributed by atoms with Gasteiger partial charge in [-0.2, -0.15) is 0 Å². The van der Waals surface area contributed by atoms with Crippen molar-refractivity contribution in [2.45, 2.75) is 13.0 Å². The highest BCUT2D eigenvalue weighted by Crippen LogP contribution is 2.22. The van der Waals surface area contributed by atoms with Crippen LogP contribution >= 0.6 is 0 Å². The van der Waals surface area contributed by atoms with Crippen molar-refractivity contribution >= 4 is 22.6 Å². The number of amides is 1. The molecule has 1 aliphatic heterocycles. The average Bonchev–Trinajstić information content (AvgIpc) is 2.81. The predicted octanol–water partition coefficient (Wildman–Crippen LogP) is 1.49. The van der Waals surface area contributed by atoms with Crippen molar-refractivity contribution in [3.63, 3.8) is 0 Å². The molecule has 1 fully saturated rings. The first-order valence-electron chi connectivity index (χ1n) is 6.10. The lowest BCUT2D eigenvalue weighted by molar-refractivity contribution is -0.142. The van der Waals surface area contributed by atoms with E-state index < -0.39 is 6.10 Å². The maximum atomic E-state index is 11.9. The minimum Gasteiger partial charge on any atom is -0.376 e. The summed E-state index contributed by atoms with van der Waals surface area (Å²) in [6.45, 7) is 3.14. The molecule has 1 saturated heterocycles. The Balaban J connectivity index is 1.75. The van der Waals surface area contributed by atoms with E-state index in [1.165, 1.54) is 0 Å². The van der Waals surface area contributed by atoms with Gasteiger partial charge >= 0.3 is 0 Å². The molecule has 0 bridgehead atoms. The van der Waals surface area contributed by atoms with Gasteiger partial charge in [0.1, 0.15) is 0 Å². The summed E-state index contributed by atoms with van der Waals surface area (Å²) in [4.78, 5) is 11.9. The Labute approximate surface area is 109 Å². The number of nitrogens with zero attached hydrogens (tertiary/aromatic N) is 1. The van der Waals surface area contributed by atoms with Crippen LogP contribution in [0.4, 0.5) is 5.69 Å². The molecule has 1 aromatic heterocycles. The standard InChI is InChI=1S/C13H14N2O4/c1-8-10-3-2-9(6-11(10)19-15-8)14-13(16)12-7-17-4-5-18-12/h2-3,6,12H,4-5,7H2,1H3,(H,14,16). The SMILES string of the molecule is Cc1noc2cc(NC(=O)C3COCCO3)ccc12. The number of anilines is 1. The minimum absolute atomic E-state index is 0.213. The van der Waals surface area contributed by atoms with Crippen LogP contribution in [-0.2, 0) is 14.3 Å². The highest BCUT2D eigenvalue weighted by molar-refractivity contribution is 5.96. The van der Waals surface area contributed by atoms with Gasteiger partial charge in [-0.25, -0.2) is 0 Å². The first-order chi connectivity index (χ1) is 9.24. The molecule has 0 aliphatic carbocycles. The van der Waals surface area contributed by atoms with E-state index in [0.29, 0.717) is 24.5 Å². The second-order valence-corrected chi connectivity index (χ2v) is 4.40. The van der Waals surface area contributed by atoms with Crippen LogP contribution in [0.2, 0.25) is 0 Å². The molecule has 6 heteroatoms. The molecule has 0 radical (unpaired) electrons. The predicted molar refractivity (Wildman–Crippen MR) is 67.9 cm³/mol. The maximum absolute atomic E-state index is 11.9. The van der Waals surface area contributed by atoms with Crippen LogP contribution in [0.5, 0.6) is 0 Å². The van der Waals surface area contributed by atoms with Crippen molar-refractivity contribution in [1.82, 2.24) is 5.16 Å². The third-order valence-electron chi connectivity index (χ3n) is 3.03. The van der Waals surface area contributed by atoms with Gasteiger partial charge < -0.3 is 19.3 Å².